The van der Waals surface area contributed by atoms with E-state index in [9.17, 15) is 4.79 Å². The molecule has 0 radical (unpaired) electrons. The highest BCUT2D eigenvalue weighted by atomic mass is 16.5. The summed E-state index contributed by atoms with van der Waals surface area (Å²) in [6.07, 6.45) is 4.38. The van der Waals surface area contributed by atoms with Crippen molar-refractivity contribution in [3.05, 3.63) is 12.3 Å². The maximum absolute atomic E-state index is 10.8. The molecule has 0 N–H and O–H groups in total. The molecule has 0 saturated heterocycles. The third kappa shape index (κ3) is 2.47. The molecule has 1 unspecified atom stereocenters. The minimum Gasteiger partial charge on any atom is -0.498 e. The molecule has 13 heavy (non-hydrogen) atoms. The second-order valence-corrected chi connectivity index (χ2v) is 3.34. The number of carbonyl (C=O) groups excluding carboxylic acids is 1. The van der Waals surface area contributed by atoms with E-state index in [1.54, 1.807) is 12.3 Å². The van der Waals surface area contributed by atoms with E-state index >= 15 is 0 Å². The lowest BCUT2D eigenvalue weighted by Crippen LogP contribution is -2.35. The Morgan fingerprint density at radius 1 is 1.62 bits per heavy atom. The zero-order valence-corrected chi connectivity index (χ0v) is 8.32. The van der Waals surface area contributed by atoms with E-state index in [-0.39, 0.29) is 24.1 Å². The molecule has 0 fully saturated rings. The highest BCUT2D eigenvalue weighted by Crippen LogP contribution is 2.23. The van der Waals surface area contributed by atoms with Crippen LogP contribution in [0.25, 0.3) is 0 Å². The van der Waals surface area contributed by atoms with Crippen molar-refractivity contribution in [2.24, 2.45) is 5.92 Å². The summed E-state index contributed by atoms with van der Waals surface area (Å²) in [5, 5.41) is 0. The van der Waals surface area contributed by atoms with Crippen molar-refractivity contribution in [2.75, 3.05) is 0 Å². The van der Waals surface area contributed by atoms with Gasteiger partial charge < -0.3 is 9.47 Å². The molecule has 0 aromatic rings. The molecule has 1 aliphatic heterocycles. The molecule has 3 nitrogen and oxygen atoms in total. The highest BCUT2D eigenvalue weighted by molar-refractivity contribution is 5.66. The van der Waals surface area contributed by atoms with Crippen LogP contribution in [0.5, 0.6) is 0 Å². The van der Waals surface area contributed by atoms with Crippen LogP contribution in [0.2, 0.25) is 0 Å². The highest BCUT2D eigenvalue weighted by Gasteiger charge is 2.28. The van der Waals surface area contributed by atoms with Crippen LogP contribution in [-0.2, 0) is 14.3 Å². The van der Waals surface area contributed by atoms with Gasteiger partial charge in [-0.05, 0) is 12.5 Å². The van der Waals surface area contributed by atoms with Crippen molar-refractivity contribution >= 4 is 5.97 Å². The predicted molar refractivity (Wildman–Crippen MR) is 49.0 cm³/mol. The van der Waals surface area contributed by atoms with Crippen molar-refractivity contribution in [2.45, 2.75) is 39.4 Å². The monoisotopic (exact) mass is 184 g/mol. The first-order valence-electron chi connectivity index (χ1n) is 4.64. The van der Waals surface area contributed by atoms with Crippen LogP contribution in [0.1, 0.15) is 27.2 Å². The first-order chi connectivity index (χ1) is 6.15. The van der Waals surface area contributed by atoms with Gasteiger partial charge in [0.05, 0.1) is 6.26 Å². The summed E-state index contributed by atoms with van der Waals surface area (Å²) < 4.78 is 10.5. The van der Waals surface area contributed by atoms with Crippen LogP contribution < -0.4 is 0 Å². The number of rotatable bonds is 2. The largest absolute Gasteiger partial charge is 0.498 e. The zero-order chi connectivity index (χ0) is 9.84. The Morgan fingerprint density at radius 3 is 2.85 bits per heavy atom. The van der Waals surface area contributed by atoms with E-state index in [1.165, 1.54) is 6.92 Å². The molecule has 74 valence electrons. The Kier molecular flexibility index (Phi) is 3.34. The lowest BCUT2D eigenvalue weighted by molar-refractivity contribution is -0.149. The molecule has 0 aliphatic carbocycles. The average molecular weight is 184 g/mol. The van der Waals surface area contributed by atoms with Gasteiger partial charge in [-0.2, -0.15) is 0 Å². The molecular formula is C10H16O3. The fourth-order valence-corrected chi connectivity index (χ4v) is 1.54. The lowest BCUT2D eigenvalue weighted by atomic mass is 9.94. The van der Waals surface area contributed by atoms with Crippen molar-refractivity contribution in [3.8, 4) is 0 Å². The summed E-state index contributed by atoms with van der Waals surface area (Å²) >= 11 is 0. The van der Waals surface area contributed by atoms with E-state index in [1.807, 2.05) is 6.92 Å². The minimum absolute atomic E-state index is 0.129. The second-order valence-electron chi connectivity index (χ2n) is 3.34. The molecule has 0 saturated carbocycles. The molecule has 3 atom stereocenters. The van der Waals surface area contributed by atoms with Crippen molar-refractivity contribution in [1.29, 1.82) is 0 Å². The van der Waals surface area contributed by atoms with E-state index in [0.29, 0.717) is 0 Å². The Bertz CT molecular complexity index is 210. The molecule has 1 rings (SSSR count). The van der Waals surface area contributed by atoms with E-state index in [4.69, 9.17) is 9.47 Å². The smallest absolute Gasteiger partial charge is 0.303 e. The quantitative estimate of drug-likeness (QED) is 0.615. The van der Waals surface area contributed by atoms with Gasteiger partial charge in [0.25, 0.3) is 0 Å². The van der Waals surface area contributed by atoms with Gasteiger partial charge in [0.1, 0.15) is 12.2 Å². The van der Waals surface area contributed by atoms with Gasteiger partial charge in [-0.1, -0.05) is 13.8 Å². The standard InChI is InChI=1S/C10H16O3/c1-4-9-7(2)10(5-6-12-9)13-8(3)11/h5-7,9-10H,4H2,1-3H3/t7-,9+,10?/m0/s1. The summed E-state index contributed by atoms with van der Waals surface area (Å²) in [5.41, 5.74) is 0. The third-order valence-corrected chi connectivity index (χ3v) is 2.33. The molecule has 1 heterocycles. The number of hydrogen-bond donors (Lipinski definition) is 0. The Hall–Kier alpha value is -0.990. The normalized spacial score (nSPS) is 32.4. The predicted octanol–water partition coefficient (Wildman–Crippen LogP) is 1.88. The second kappa shape index (κ2) is 4.30. The van der Waals surface area contributed by atoms with Gasteiger partial charge >= 0.3 is 5.97 Å². The van der Waals surface area contributed by atoms with Crippen LogP contribution >= 0.6 is 0 Å². The Labute approximate surface area is 78.7 Å². The summed E-state index contributed by atoms with van der Waals surface area (Å²) in [4.78, 5) is 10.8. The number of carbonyl (C=O) groups is 1. The van der Waals surface area contributed by atoms with Gasteiger partial charge in [-0.3, -0.25) is 4.79 Å². The van der Waals surface area contributed by atoms with Gasteiger partial charge in [0.2, 0.25) is 0 Å². The Morgan fingerprint density at radius 2 is 2.31 bits per heavy atom. The number of esters is 1. The summed E-state index contributed by atoms with van der Waals surface area (Å²) in [5.74, 6) is -0.00264. The van der Waals surface area contributed by atoms with Crippen molar-refractivity contribution in [3.63, 3.8) is 0 Å². The molecular weight excluding hydrogens is 168 g/mol. The number of ether oxygens (including phenoxy) is 2. The van der Waals surface area contributed by atoms with E-state index in [0.717, 1.165) is 6.42 Å². The van der Waals surface area contributed by atoms with Gasteiger partial charge in [0.15, 0.2) is 0 Å². The fourth-order valence-electron chi connectivity index (χ4n) is 1.54. The molecule has 1 aliphatic rings. The van der Waals surface area contributed by atoms with Gasteiger partial charge in [-0.25, -0.2) is 0 Å². The van der Waals surface area contributed by atoms with Gasteiger partial charge in [0, 0.05) is 12.8 Å². The van der Waals surface area contributed by atoms with Crippen LogP contribution in [0.3, 0.4) is 0 Å². The third-order valence-electron chi connectivity index (χ3n) is 2.33. The molecule has 0 aromatic carbocycles. The summed E-state index contributed by atoms with van der Waals surface area (Å²) in [7, 11) is 0. The minimum atomic E-state index is -0.238. The number of hydrogen-bond acceptors (Lipinski definition) is 3. The van der Waals surface area contributed by atoms with Crippen LogP contribution in [0, 0.1) is 5.92 Å². The fraction of sp³-hybridized carbons (Fsp3) is 0.700. The summed E-state index contributed by atoms with van der Waals surface area (Å²) in [6.45, 7) is 5.52. The SMILES string of the molecule is CC[C@H]1OC=CC(OC(C)=O)[C@H]1C. The van der Waals surface area contributed by atoms with Crippen molar-refractivity contribution < 1.29 is 14.3 Å². The van der Waals surface area contributed by atoms with Gasteiger partial charge in [-0.15, -0.1) is 0 Å². The summed E-state index contributed by atoms with van der Waals surface area (Å²) in [6, 6.07) is 0. The maximum atomic E-state index is 10.8. The van der Waals surface area contributed by atoms with Crippen molar-refractivity contribution in [1.82, 2.24) is 0 Å². The van der Waals surface area contributed by atoms with E-state index in [2.05, 4.69) is 6.92 Å². The zero-order valence-electron chi connectivity index (χ0n) is 8.32. The average Bonchev–Trinajstić information content (AvgIpc) is 2.08. The van der Waals surface area contributed by atoms with Crippen LogP contribution in [-0.4, -0.2) is 18.2 Å². The molecule has 0 amide bonds. The van der Waals surface area contributed by atoms with Crippen LogP contribution in [0.4, 0.5) is 0 Å². The van der Waals surface area contributed by atoms with E-state index < -0.39 is 0 Å². The lowest BCUT2D eigenvalue weighted by Gasteiger charge is -2.31. The maximum Gasteiger partial charge on any atom is 0.303 e. The topological polar surface area (TPSA) is 35.5 Å². The molecule has 0 spiro atoms. The molecule has 0 bridgehead atoms. The Balaban J connectivity index is 2.59. The first-order valence-corrected chi connectivity index (χ1v) is 4.64. The molecule has 3 heteroatoms. The first kappa shape index (κ1) is 10.1. The van der Waals surface area contributed by atoms with Crippen LogP contribution in [0.15, 0.2) is 12.3 Å². The molecule has 0 aromatic heterocycles.